The van der Waals surface area contributed by atoms with Crippen LogP contribution >= 0.6 is 11.8 Å². The molecule has 0 spiro atoms. The number of benzene rings is 1. The highest BCUT2D eigenvalue weighted by atomic mass is 32.2. The molecule has 19 heavy (non-hydrogen) atoms. The second-order valence-electron chi connectivity index (χ2n) is 4.38. The lowest BCUT2D eigenvalue weighted by Gasteiger charge is -2.24. The van der Waals surface area contributed by atoms with Crippen molar-refractivity contribution in [1.29, 1.82) is 10.5 Å². The minimum absolute atomic E-state index is 0.220. The minimum atomic E-state index is 0.220. The standard InChI is InChI=1S/C15H15N3S/c1-3-18-11(2)14(12-7-5-4-6-8-12)19-15(18)13(9-16)10-17/h4-8,11,14H,3H2,1-2H3/t11-,14+/m1/s1. The maximum Gasteiger partial charge on any atom is 0.159 e. The Kier molecular flexibility index (Phi) is 4.14. The van der Waals surface area contributed by atoms with Crippen LogP contribution in [0.25, 0.3) is 0 Å². The van der Waals surface area contributed by atoms with E-state index in [0.29, 0.717) is 0 Å². The summed E-state index contributed by atoms with van der Waals surface area (Å²) >= 11 is 1.62. The predicted octanol–water partition coefficient (Wildman–Crippen LogP) is 3.44. The highest BCUT2D eigenvalue weighted by Gasteiger charge is 2.36. The van der Waals surface area contributed by atoms with Crippen molar-refractivity contribution in [3.05, 3.63) is 46.5 Å². The summed E-state index contributed by atoms with van der Waals surface area (Å²) in [6, 6.07) is 14.5. The Morgan fingerprint density at radius 3 is 2.42 bits per heavy atom. The summed E-state index contributed by atoms with van der Waals surface area (Å²) in [6.45, 7) is 5.00. The van der Waals surface area contributed by atoms with E-state index in [-0.39, 0.29) is 16.9 Å². The van der Waals surface area contributed by atoms with Crippen molar-refractivity contribution < 1.29 is 0 Å². The summed E-state index contributed by atoms with van der Waals surface area (Å²) in [6.07, 6.45) is 0. The van der Waals surface area contributed by atoms with Gasteiger partial charge in [-0.05, 0) is 19.4 Å². The molecule has 4 heteroatoms. The molecule has 1 fully saturated rings. The topological polar surface area (TPSA) is 50.8 Å². The molecule has 0 N–H and O–H groups in total. The third-order valence-electron chi connectivity index (χ3n) is 3.34. The third kappa shape index (κ3) is 2.45. The summed E-state index contributed by atoms with van der Waals surface area (Å²) in [7, 11) is 0. The van der Waals surface area contributed by atoms with E-state index in [1.165, 1.54) is 5.56 Å². The van der Waals surface area contributed by atoms with Gasteiger partial charge in [0.1, 0.15) is 17.2 Å². The first-order chi connectivity index (χ1) is 9.22. The van der Waals surface area contributed by atoms with E-state index in [1.54, 1.807) is 11.8 Å². The highest BCUT2D eigenvalue weighted by Crippen LogP contribution is 2.49. The highest BCUT2D eigenvalue weighted by molar-refractivity contribution is 8.03. The Bertz CT molecular complexity index is 549. The van der Waals surface area contributed by atoms with Crippen molar-refractivity contribution in [2.45, 2.75) is 25.1 Å². The molecule has 2 atom stereocenters. The molecule has 0 saturated carbocycles. The summed E-state index contributed by atoms with van der Waals surface area (Å²) < 4.78 is 0. The van der Waals surface area contributed by atoms with Crippen LogP contribution < -0.4 is 0 Å². The molecule has 1 heterocycles. The van der Waals surface area contributed by atoms with Crippen LogP contribution in [-0.2, 0) is 0 Å². The first-order valence-corrected chi connectivity index (χ1v) is 7.13. The van der Waals surface area contributed by atoms with Gasteiger partial charge in [-0.3, -0.25) is 0 Å². The fraction of sp³-hybridized carbons (Fsp3) is 0.333. The van der Waals surface area contributed by atoms with Crippen molar-refractivity contribution >= 4 is 11.8 Å². The van der Waals surface area contributed by atoms with Crippen LogP contribution in [0.4, 0.5) is 0 Å². The minimum Gasteiger partial charge on any atom is -0.361 e. The van der Waals surface area contributed by atoms with Gasteiger partial charge in [0.05, 0.1) is 5.25 Å². The van der Waals surface area contributed by atoms with Crippen LogP contribution in [0.1, 0.15) is 24.7 Å². The van der Waals surface area contributed by atoms with Crippen molar-refractivity contribution in [2.24, 2.45) is 0 Å². The zero-order valence-electron chi connectivity index (χ0n) is 11.0. The fourth-order valence-corrected chi connectivity index (χ4v) is 3.90. The molecule has 1 aromatic carbocycles. The largest absolute Gasteiger partial charge is 0.361 e. The molecule has 96 valence electrons. The first kappa shape index (κ1) is 13.5. The van der Waals surface area contributed by atoms with Gasteiger partial charge >= 0.3 is 0 Å². The lowest BCUT2D eigenvalue weighted by molar-refractivity contribution is 0.311. The molecule has 0 unspecified atom stereocenters. The number of nitriles is 2. The van der Waals surface area contributed by atoms with Gasteiger partial charge in [-0.2, -0.15) is 10.5 Å². The molecule has 3 nitrogen and oxygen atoms in total. The van der Waals surface area contributed by atoms with E-state index >= 15 is 0 Å². The second kappa shape index (κ2) is 5.82. The lowest BCUT2D eigenvalue weighted by atomic mass is 10.1. The van der Waals surface area contributed by atoms with Crippen molar-refractivity contribution in [3.63, 3.8) is 0 Å². The molecule has 0 amide bonds. The molecule has 1 aliphatic heterocycles. The van der Waals surface area contributed by atoms with Gasteiger partial charge in [0.15, 0.2) is 5.57 Å². The number of thioether (sulfide) groups is 1. The zero-order valence-corrected chi connectivity index (χ0v) is 11.8. The Labute approximate surface area is 118 Å². The average molecular weight is 269 g/mol. The molecule has 1 aromatic rings. The van der Waals surface area contributed by atoms with E-state index in [4.69, 9.17) is 10.5 Å². The Balaban J connectivity index is 2.41. The summed E-state index contributed by atoms with van der Waals surface area (Å²) in [5.41, 5.74) is 1.46. The van der Waals surface area contributed by atoms with Gasteiger partial charge in [0.25, 0.3) is 0 Å². The SMILES string of the molecule is CCN1C(=C(C#N)C#N)S[C@H](c2ccccc2)[C@H]1C. The number of allylic oxidation sites excluding steroid dienone is 1. The van der Waals surface area contributed by atoms with Crippen LogP contribution in [0.2, 0.25) is 0 Å². The van der Waals surface area contributed by atoms with Gasteiger partial charge in [0, 0.05) is 12.6 Å². The quantitative estimate of drug-likeness (QED) is 0.772. The van der Waals surface area contributed by atoms with Crippen molar-refractivity contribution in [3.8, 4) is 12.1 Å². The maximum absolute atomic E-state index is 9.07. The second-order valence-corrected chi connectivity index (χ2v) is 5.51. The number of hydrogen-bond acceptors (Lipinski definition) is 4. The van der Waals surface area contributed by atoms with Gasteiger partial charge < -0.3 is 4.90 Å². The molecule has 0 bridgehead atoms. The van der Waals surface area contributed by atoms with Crippen molar-refractivity contribution in [1.82, 2.24) is 4.90 Å². The van der Waals surface area contributed by atoms with Gasteiger partial charge in [-0.15, -0.1) is 0 Å². The maximum atomic E-state index is 9.07. The number of hydrogen-bond donors (Lipinski definition) is 0. The summed E-state index contributed by atoms with van der Waals surface area (Å²) in [5.74, 6) is 0. The number of likely N-dealkylation sites (N-methyl/N-ethyl adjacent to an activating group) is 1. The lowest BCUT2D eigenvalue weighted by Crippen LogP contribution is -2.28. The number of rotatable bonds is 2. The van der Waals surface area contributed by atoms with Gasteiger partial charge in [-0.1, -0.05) is 42.1 Å². The number of nitrogens with zero attached hydrogens (tertiary/aromatic N) is 3. The van der Waals surface area contributed by atoms with E-state index < -0.39 is 0 Å². The molecule has 0 aromatic heterocycles. The van der Waals surface area contributed by atoms with Gasteiger partial charge in [-0.25, -0.2) is 0 Å². The molecule has 1 aliphatic rings. The molecular formula is C15H15N3S. The van der Waals surface area contributed by atoms with E-state index in [2.05, 4.69) is 30.9 Å². The Morgan fingerprint density at radius 1 is 1.26 bits per heavy atom. The zero-order chi connectivity index (χ0) is 13.8. The van der Waals surface area contributed by atoms with Crippen molar-refractivity contribution in [2.75, 3.05) is 6.54 Å². The smallest absolute Gasteiger partial charge is 0.159 e. The molecule has 2 rings (SSSR count). The van der Waals surface area contributed by atoms with Gasteiger partial charge in [0.2, 0.25) is 0 Å². The normalized spacial score (nSPS) is 21.9. The van der Waals surface area contributed by atoms with E-state index in [0.717, 1.165) is 11.6 Å². The van der Waals surface area contributed by atoms with E-state index in [9.17, 15) is 0 Å². The fourth-order valence-electron chi connectivity index (χ4n) is 2.38. The van der Waals surface area contributed by atoms with Crippen LogP contribution in [0.15, 0.2) is 40.9 Å². The molecule has 0 aliphatic carbocycles. The Morgan fingerprint density at radius 2 is 1.89 bits per heavy atom. The molecule has 1 saturated heterocycles. The Hall–Kier alpha value is -1.91. The summed E-state index contributed by atoms with van der Waals surface area (Å²) in [4.78, 5) is 2.14. The van der Waals surface area contributed by atoms with Crippen LogP contribution in [0.5, 0.6) is 0 Å². The van der Waals surface area contributed by atoms with E-state index in [1.807, 2.05) is 30.3 Å². The molecular weight excluding hydrogens is 254 g/mol. The predicted molar refractivity (Wildman–Crippen MR) is 76.9 cm³/mol. The van der Waals surface area contributed by atoms with Crippen LogP contribution in [0.3, 0.4) is 0 Å². The monoisotopic (exact) mass is 269 g/mol. The first-order valence-electron chi connectivity index (χ1n) is 6.25. The van der Waals surface area contributed by atoms with Crippen LogP contribution in [-0.4, -0.2) is 17.5 Å². The molecule has 0 radical (unpaired) electrons. The summed E-state index contributed by atoms with van der Waals surface area (Å²) in [5, 5.41) is 19.2. The van der Waals surface area contributed by atoms with Crippen LogP contribution in [0, 0.1) is 22.7 Å². The average Bonchev–Trinajstić information content (AvgIpc) is 2.78. The third-order valence-corrected chi connectivity index (χ3v) is 4.92.